The van der Waals surface area contributed by atoms with Gasteiger partial charge in [0.1, 0.15) is 0 Å². The highest BCUT2D eigenvalue weighted by Gasteiger charge is 2.72. The average molecular weight is 596 g/mol. The van der Waals surface area contributed by atoms with Gasteiger partial charge in [0.05, 0.1) is 23.3 Å². The number of phenolic OH excluding ortho intramolecular Hbond substituents is 1. The summed E-state index contributed by atoms with van der Waals surface area (Å²) in [6, 6.07) is 17.5. The zero-order valence-corrected chi connectivity index (χ0v) is 24.5. The van der Waals surface area contributed by atoms with E-state index in [0.29, 0.717) is 29.7 Å². The number of aliphatic imine (C=N–C) groups is 1. The number of piperidine rings is 1. The molecule has 1 spiro atoms. The Balaban J connectivity index is 1.12. The number of anilines is 1. The molecule has 8 nitrogen and oxygen atoms in total. The molecule has 4 atom stereocenters. The molecule has 1 saturated carbocycles. The molecule has 0 amide bonds. The first kappa shape index (κ1) is 25.7. The number of benzene rings is 3. The number of aromatic nitrogens is 1. The molecule has 1 unspecified atom stereocenters. The number of ether oxygens (including phenoxy) is 1. The molecule has 220 valence electrons. The van der Waals surface area contributed by atoms with E-state index in [1.54, 1.807) is 6.07 Å². The first-order valence-corrected chi connectivity index (χ1v) is 15.7. The van der Waals surface area contributed by atoms with E-state index in [-0.39, 0.29) is 11.8 Å². The highest BCUT2D eigenvalue weighted by molar-refractivity contribution is 6.30. The van der Waals surface area contributed by atoms with E-state index < -0.39 is 17.1 Å². The highest BCUT2D eigenvalue weighted by atomic mass is 35.5. The quantitative estimate of drug-likeness (QED) is 0.161. The Morgan fingerprint density at radius 3 is 2.81 bits per heavy atom. The van der Waals surface area contributed by atoms with Crippen LogP contribution >= 0.6 is 11.6 Å². The van der Waals surface area contributed by atoms with Gasteiger partial charge in [-0.05, 0) is 91.2 Å². The fraction of sp³-hybridized carbons (Fsp3) is 0.382. The van der Waals surface area contributed by atoms with Crippen LogP contribution < -0.4 is 15.8 Å². The number of phenols is 1. The Hall–Kier alpha value is -3.72. The van der Waals surface area contributed by atoms with Crippen LogP contribution in [-0.4, -0.2) is 50.8 Å². The lowest BCUT2D eigenvalue weighted by Gasteiger charge is -2.62. The van der Waals surface area contributed by atoms with Crippen LogP contribution in [0.3, 0.4) is 0 Å². The molecule has 9 rings (SSSR count). The van der Waals surface area contributed by atoms with Gasteiger partial charge in [-0.15, -0.1) is 0 Å². The van der Waals surface area contributed by atoms with Crippen LogP contribution in [0.1, 0.15) is 53.3 Å². The third-order valence-corrected chi connectivity index (χ3v) is 11.0. The van der Waals surface area contributed by atoms with E-state index in [1.807, 2.05) is 42.5 Å². The number of likely N-dealkylation sites (tertiary alicyclic amines) is 1. The van der Waals surface area contributed by atoms with Gasteiger partial charge in [0.2, 0.25) is 0 Å². The van der Waals surface area contributed by atoms with Crippen molar-refractivity contribution >= 4 is 34.2 Å². The number of aromatic amines is 1. The topological polar surface area (TPSA) is 119 Å². The lowest BCUT2D eigenvalue weighted by atomic mass is 9.49. The molecule has 43 heavy (non-hydrogen) atoms. The van der Waals surface area contributed by atoms with Gasteiger partial charge >= 0.3 is 0 Å². The summed E-state index contributed by atoms with van der Waals surface area (Å²) in [4.78, 5) is 10.7. The Labute approximate surface area is 254 Å². The fourth-order valence-corrected chi connectivity index (χ4v) is 8.78. The van der Waals surface area contributed by atoms with Crippen molar-refractivity contribution in [1.82, 2.24) is 9.88 Å². The number of hydrogen-bond acceptors (Lipinski definition) is 5. The maximum atomic E-state index is 13.1. The number of fused-ring (bicyclic) bond motifs is 4. The third-order valence-electron chi connectivity index (χ3n) is 10.8. The molecule has 1 saturated heterocycles. The Bertz CT molecular complexity index is 1830. The third kappa shape index (κ3) is 3.60. The SMILES string of the molecule is NC(=NCc1ccc(Cl)cc1)Nc1ccc2[nH]c3c(c2c1)C[C@@]1(O)C2Cc4ccc(O)c5c4[C@@]1(CCN2CC1CC1)[C@H]3O5. The molecule has 3 aliphatic carbocycles. The number of aliphatic hydroxyl groups is 1. The standard InChI is InChI=1S/C34H34ClN5O3/c35-21-6-3-18(4-7-21)16-37-32(36)38-22-8-9-25-23(14-22)24-15-34(42)27-13-20-5-10-26(41)30-28(20)33(34,31(43-30)29(24)39-25)11-12-40(27)17-19-1-2-19/h3-10,14,19,27,31,39,41-42H,1-2,11-13,15-17H2,(H3,36,37,38)/t27?,31-,33-,34+/m0/s1. The van der Waals surface area contributed by atoms with Crippen molar-refractivity contribution in [2.75, 3.05) is 18.4 Å². The van der Waals surface area contributed by atoms with Crippen molar-refractivity contribution in [2.24, 2.45) is 16.6 Å². The second-order valence-corrected chi connectivity index (χ2v) is 13.6. The van der Waals surface area contributed by atoms with Gasteiger partial charge in [0, 0.05) is 46.2 Å². The van der Waals surface area contributed by atoms with E-state index in [1.165, 1.54) is 18.4 Å². The number of hydrogen-bond donors (Lipinski definition) is 5. The fourth-order valence-electron chi connectivity index (χ4n) is 8.65. The van der Waals surface area contributed by atoms with E-state index in [2.05, 4.69) is 26.3 Å². The summed E-state index contributed by atoms with van der Waals surface area (Å²) in [5, 5.41) is 29.0. The van der Waals surface area contributed by atoms with Gasteiger partial charge in [0.25, 0.3) is 0 Å². The molecule has 4 aromatic rings. The Morgan fingerprint density at radius 1 is 1.16 bits per heavy atom. The van der Waals surface area contributed by atoms with Crippen molar-refractivity contribution < 1.29 is 14.9 Å². The monoisotopic (exact) mass is 595 g/mol. The number of H-pyrrole nitrogens is 1. The summed E-state index contributed by atoms with van der Waals surface area (Å²) < 4.78 is 6.71. The second kappa shape index (κ2) is 8.91. The normalized spacial score (nSPS) is 28.8. The summed E-state index contributed by atoms with van der Waals surface area (Å²) >= 11 is 6.00. The van der Waals surface area contributed by atoms with Gasteiger partial charge in [0.15, 0.2) is 23.6 Å². The predicted octanol–water partition coefficient (Wildman–Crippen LogP) is 5.15. The van der Waals surface area contributed by atoms with Crippen LogP contribution in [0, 0.1) is 5.92 Å². The molecular weight excluding hydrogens is 562 g/mol. The zero-order chi connectivity index (χ0) is 29.1. The number of nitrogens with two attached hydrogens (primary N) is 1. The molecule has 9 heteroatoms. The first-order valence-electron chi connectivity index (χ1n) is 15.3. The van der Waals surface area contributed by atoms with Crippen molar-refractivity contribution in [2.45, 2.75) is 61.8 Å². The summed E-state index contributed by atoms with van der Waals surface area (Å²) in [5.41, 5.74) is 11.8. The molecule has 2 aliphatic heterocycles. The van der Waals surface area contributed by atoms with Crippen LogP contribution in [-0.2, 0) is 24.8 Å². The van der Waals surface area contributed by atoms with Crippen molar-refractivity contribution in [3.8, 4) is 11.5 Å². The minimum absolute atomic E-state index is 0.00834. The van der Waals surface area contributed by atoms with Gasteiger partial charge in [-0.1, -0.05) is 29.8 Å². The number of rotatable bonds is 5. The number of halogens is 1. The molecule has 5 aliphatic rings. The number of nitrogens with zero attached hydrogens (tertiary/aromatic N) is 2. The zero-order valence-electron chi connectivity index (χ0n) is 23.7. The van der Waals surface area contributed by atoms with Gasteiger partial charge in [-0.25, -0.2) is 4.99 Å². The maximum absolute atomic E-state index is 13.1. The second-order valence-electron chi connectivity index (χ2n) is 13.2. The van der Waals surface area contributed by atoms with Gasteiger partial charge < -0.3 is 31.0 Å². The van der Waals surface area contributed by atoms with E-state index >= 15 is 0 Å². The lowest BCUT2D eigenvalue weighted by molar-refractivity contribution is -0.173. The summed E-state index contributed by atoms with van der Waals surface area (Å²) in [6.07, 6.45) is 4.23. The van der Waals surface area contributed by atoms with Crippen LogP contribution in [0.5, 0.6) is 11.5 Å². The van der Waals surface area contributed by atoms with Gasteiger partial charge in [-0.2, -0.15) is 0 Å². The molecular formula is C34H34ClN5O3. The minimum atomic E-state index is -1.03. The van der Waals surface area contributed by atoms with E-state index in [0.717, 1.165) is 70.8 Å². The highest BCUT2D eigenvalue weighted by Crippen LogP contribution is 2.69. The summed E-state index contributed by atoms with van der Waals surface area (Å²) in [5.74, 6) is 1.76. The smallest absolute Gasteiger partial charge is 0.193 e. The van der Waals surface area contributed by atoms with Crippen molar-refractivity contribution in [3.05, 3.63) is 87.6 Å². The molecule has 0 radical (unpaired) electrons. The van der Waals surface area contributed by atoms with Crippen LogP contribution in [0.15, 0.2) is 59.6 Å². The maximum Gasteiger partial charge on any atom is 0.193 e. The Morgan fingerprint density at radius 2 is 2.00 bits per heavy atom. The number of nitrogens with one attached hydrogen (secondary N) is 2. The molecule has 3 aromatic carbocycles. The minimum Gasteiger partial charge on any atom is -0.504 e. The Kier molecular flexibility index (Phi) is 5.33. The largest absolute Gasteiger partial charge is 0.504 e. The molecule has 2 bridgehead atoms. The number of aromatic hydroxyl groups is 1. The van der Waals surface area contributed by atoms with Crippen LogP contribution in [0.4, 0.5) is 5.69 Å². The first-order chi connectivity index (χ1) is 20.8. The van der Waals surface area contributed by atoms with Crippen molar-refractivity contribution in [3.63, 3.8) is 0 Å². The van der Waals surface area contributed by atoms with Crippen LogP contribution in [0.25, 0.3) is 10.9 Å². The van der Waals surface area contributed by atoms with E-state index in [9.17, 15) is 10.2 Å². The molecule has 2 fully saturated rings. The molecule has 3 heterocycles. The summed E-state index contributed by atoms with van der Waals surface area (Å²) in [7, 11) is 0. The van der Waals surface area contributed by atoms with Crippen molar-refractivity contribution in [1.29, 1.82) is 0 Å². The lowest BCUT2D eigenvalue weighted by Crippen LogP contribution is -2.74. The van der Waals surface area contributed by atoms with E-state index in [4.69, 9.17) is 22.1 Å². The summed E-state index contributed by atoms with van der Waals surface area (Å²) in [6.45, 7) is 2.41. The molecule has 6 N–H and O–H groups in total. The average Bonchev–Trinajstić information content (AvgIpc) is 3.64. The van der Waals surface area contributed by atoms with Crippen LogP contribution in [0.2, 0.25) is 5.02 Å². The number of guanidine groups is 1. The van der Waals surface area contributed by atoms with Gasteiger partial charge in [-0.3, -0.25) is 4.90 Å². The predicted molar refractivity (Wildman–Crippen MR) is 167 cm³/mol. The molecule has 1 aromatic heterocycles.